The lowest BCUT2D eigenvalue weighted by molar-refractivity contribution is -0.134. The summed E-state index contributed by atoms with van der Waals surface area (Å²) in [5.74, 6) is 0. The van der Waals surface area contributed by atoms with Crippen LogP contribution in [0.2, 0.25) is 0 Å². The lowest BCUT2D eigenvalue weighted by Crippen LogP contribution is -2.09. The zero-order valence-corrected chi connectivity index (χ0v) is 7.93. The second kappa shape index (κ2) is 4.11. The summed E-state index contributed by atoms with van der Waals surface area (Å²) in [4.78, 5) is 0.250. The zero-order chi connectivity index (χ0) is 9.90. The van der Waals surface area contributed by atoms with Crippen molar-refractivity contribution < 1.29 is 13.2 Å². The molecule has 0 spiro atoms. The Bertz CT molecular complexity index is 267. The molecule has 0 bridgehead atoms. The SMILES string of the molecule is CNCCc1ccc(C(F)(F)F)s1. The Morgan fingerprint density at radius 2 is 2.08 bits per heavy atom. The van der Waals surface area contributed by atoms with Crippen molar-refractivity contribution in [3.63, 3.8) is 0 Å². The first kappa shape index (κ1) is 10.5. The third kappa shape index (κ3) is 3.00. The molecule has 13 heavy (non-hydrogen) atoms. The Balaban J connectivity index is 2.64. The number of alkyl halides is 3. The van der Waals surface area contributed by atoms with E-state index >= 15 is 0 Å². The third-order valence-electron chi connectivity index (χ3n) is 1.56. The van der Waals surface area contributed by atoms with Crippen LogP contribution in [0.3, 0.4) is 0 Å². The third-order valence-corrected chi connectivity index (χ3v) is 2.75. The maximum atomic E-state index is 12.1. The number of hydrogen-bond acceptors (Lipinski definition) is 2. The normalized spacial score (nSPS) is 12.0. The van der Waals surface area contributed by atoms with Gasteiger partial charge in [-0.3, -0.25) is 0 Å². The van der Waals surface area contributed by atoms with E-state index in [2.05, 4.69) is 5.32 Å². The van der Waals surface area contributed by atoms with E-state index in [9.17, 15) is 13.2 Å². The van der Waals surface area contributed by atoms with Crippen molar-refractivity contribution in [2.75, 3.05) is 13.6 Å². The summed E-state index contributed by atoms with van der Waals surface area (Å²) in [7, 11) is 1.78. The molecule has 74 valence electrons. The van der Waals surface area contributed by atoms with Crippen LogP contribution >= 0.6 is 11.3 Å². The molecule has 1 heterocycles. The Kier molecular flexibility index (Phi) is 3.33. The Labute approximate surface area is 78.6 Å². The fourth-order valence-corrected chi connectivity index (χ4v) is 1.79. The highest BCUT2D eigenvalue weighted by molar-refractivity contribution is 7.12. The summed E-state index contributed by atoms with van der Waals surface area (Å²) in [5.41, 5.74) is 0. The molecule has 1 N–H and O–H groups in total. The van der Waals surface area contributed by atoms with E-state index < -0.39 is 11.1 Å². The summed E-state index contributed by atoms with van der Waals surface area (Å²) in [6.45, 7) is 0.706. The molecular formula is C8H10F3NS. The lowest BCUT2D eigenvalue weighted by Gasteiger charge is -2.00. The quantitative estimate of drug-likeness (QED) is 0.806. The van der Waals surface area contributed by atoms with Crippen LogP contribution in [0.1, 0.15) is 9.75 Å². The first-order chi connectivity index (χ1) is 6.04. The van der Waals surface area contributed by atoms with Crippen LogP contribution in [0, 0.1) is 0 Å². The van der Waals surface area contributed by atoms with Gasteiger partial charge in [0.15, 0.2) is 0 Å². The molecule has 0 radical (unpaired) electrons. The molecule has 0 aliphatic rings. The molecule has 1 nitrogen and oxygen atoms in total. The zero-order valence-electron chi connectivity index (χ0n) is 7.11. The largest absolute Gasteiger partial charge is 0.425 e. The molecule has 0 saturated carbocycles. The van der Waals surface area contributed by atoms with Gasteiger partial charge in [0.05, 0.1) is 0 Å². The minimum atomic E-state index is -4.19. The molecule has 5 heteroatoms. The van der Waals surface area contributed by atoms with Gasteiger partial charge in [0, 0.05) is 4.88 Å². The molecule has 1 rings (SSSR count). The molecule has 1 aromatic rings. The monoisotopic (exact) mass is 209 g/mol. The van der Waals surface area contributed by atoms with E-state index in [0.29, 0.717) is 13.0 Å². The van der Waals surface area contributed by atoms with E-state index in [-0.39, 0.29) is 0 Å². The first-order valence-electron chi connectivity index (χ1n) is 3.84. The van der Waals surface area contributed by atoms with Crippen molar-refractivity contribution in [2.45, 2.75) is 12.6 Å². The van der Waals surface area contributed by atoms with Gasteiger partial charge in [0.1, 0.15) is 4.88 Å². The second-order valence-corrected chi connectivity index (χ2v) is 3.79. The van der Waals surface area contributed by atoms with Crippen molar-refractivity contribution >= 4 is 11.3 Å². The van der Waals surface area contributed by atoms with Gasteiger partial charge in [-0.2, -0.15) is 13.2 Å². The summed E-state index contributed by atoms with van der Waals surface area (Å²) >= 11 is 0.815. The Morgan fingerprint density at radius 1 is 1.38 bits per heavy atom. The van der Waals surface area contributed by atoms with Crippen LogP contribution < -0.4 is 5.32 Å². The van der Waals surface area contributed by atoms with Gasteiger partial charge in [-0.1, -0.05) is 0 Å². The summed E-state index contributed by atoms with van der Waals surface area (Å²) < 4.78 is 36.4. The number of hydrogen-bond donors (Lipinski definition) is 1. The molecule has 0 unspecified atom stereocenters. The van der Waals surface area contributed by atoms with E-state index in [1.807, 2.05) is 0 Å². The van der Waals surface area contributed by atoms with Gasteiger partial charge in [-0.15, -0.1) is 11.3 Å². The van der Waals surface area contributed by atoms with Gasteiger partial charge in [-0.05, 0) is 32.1 Å². The highest BCUT2D eigenvalue weighted by Crippen LogP contribution is 2.34. The number of likely N-dealkylation sites (N-methyl/N-ethyl adjacent to an activating group) is 1. The highest BCUT2D eigenvalue weighted by atomic mass is 32.1. The maximum absolute atomic E-state index is 12.1. The van der Waals surface area contributed by atoms with Gasteiger partial charge in [0.2, 0.25) is 0 Å². The van der Waals surface area contributed by atoms with Gasteiger partial charge in [-0.25, -0.2) is 0 Å². The molecule has 1 aromatic heterocycles. The number of rotatable bonds is 3. The predicted octanol–water partition coefficient (Wildman–Crippen LogP) is 2.53. The standard InChI is InChI=1S/C8H10F3NS/c1-12-5-4-6-2-3-7(13-6)8(9,10)11/h2-3,12H,4-5H2,1H3. The van der Waals surface area contributed by atoms with Crippen LogP contribution in [0.4, 0.5) is 13.2 Å². The van der Waals surface area contributed by atoms with Crippen molar-refractivity contribution in [1.29, 1.82) is 0 Å². The molecule has 0 amide bonds. The highest BCUT2D eigenvalue weighted by Gasteiger charge is 2.32. The second-order valence-electron chi connectivity index (χ2n) is 2.62. The van der Waals surface area contributed by atoms with Gasteiger partial charge in [0.25, 0.3) is 0 Å². The Morgan fingerprint density at radius 3 is 2.54 bits per heavy atom. The summed E-state index contributed by atoms with van der Waals surface area (Å²) in [6.07, 6.45) is -3.54. The number of thiophene rings is 1. The average molecular weight is 209 g/mol. The molecule has 0 atom stereocenters. The van der Waals surface area contributed by atoms with E-state index in [0.717, 1.165) is 22.3 Å². The van der Waals surface area contributed by atoms with Crippen molar-refractivity contribution in [3.05, 3.63) is 21.9 Å². The molecule has 0 fully saturated rings. The molecule has 0 saturated heterocycles. The van der Waals surface area contributed by atoms with Crippen LogP contribution in [0.5, 0.6) is 0 Å². The minimum absolute atomic E-state index is 0.515. The van der Waals surface area contributed by atoms with Gasteiger partial charge < -0.3 is 5.32 Å². The first-order valence-corrected chi connectivity index (χ1v) is 4.66. The lowest BCUT2D eigenvalue weighted by atomic mass is 10.3. The fraction of sp³-hybridized carbons (Fsp3) is 0.500. The number of halogens is 3. The molecule has 0 aliphatic carbocycles. The van der Waals surface area contributed by atoms with Crippen molar-refractivity contribution in [3.8, 4) is 0 Å². The van der Waals surface area contributed by atoms with E-state index in [1.165, 1.54) is 6.07 Å². The molecule has 0 aliphatic heterocycles. The van der Waals surface area contributed by atoms with Crippen molar-refractivity contribution in [2.24, 2.45) is 0 Å². The van der Waals surface area contributed by atoms with Crippen LogP contribution in [-0.4, -0.2) is 13.6 Å². The van der Waals surface area contributed by atoms with Crippen LogP contribution in [0.25, 0.3) is 0 Å². The molecular weight excluding hydrogens is 199 g/mol. The fourth-order valence-electron chi connectivity index (χ4n) is 0.913. The molecule has 0 aromatic carbocycles. The van der Waals surface area contributed by atoms with Gasteiger partial charge >= 0.3 is 6.18 Å². The topological polar surface area (TPSA) is 12.0 Å². The van der Waals surface area contributed by atoms with Crippen LogP contribution in [-0.2, 0) is 12.6 Å². The smallest absolute Gasteiger partial charge is 0.319 e. The number of nitrogens with one attached hydrogen (secondary N) is 1. The van der Waals surface area contributed by atoms with Crippen molar-refractivity contribution in [1.82, 2.24) is 5.32 Å². The average Bonchev–Trinajstić information content (AvgIpc) is 2.47. The predicted molar refractivity (Wildman–Crippen MR) is 47.0 cm³/mol. The van der Waals surface area contributed by atoms with Crippen LogP contribution in [0.15, 0.2) is 12.1 Å². The minimum Gasteiger partial charge on any atom is -0.319 e. The Hall–Kier alpha value is -0.550. The van der Waals surface area contributed by atoms with E-state index in [4.69, 9.17) is 0 Å². The van der Waals surface area contributed by atoms with E-state index in [1.54, 1.807) is 7.05 Å². The summed E-state index contributed by atoms with van der Waals surface area (Å²) in [5, 5.41) is 2.89. The summed E-state index contributed by atoms with van der Waals surface area (Å²) in [6, 6.07) is 2.67. The maximum Gasteiger partial charge on any atom is 0.425 e.